The zero-order chi connectivity index (χ0) is 22.8. The van der Waals surface area contributed by atoms with Crippen molar-refractivity contribution in [2.24, 2.45) is 0 Å². The SMILES string of the molecule is O=C(Nc1nc2ccc(N(c3ccc(-c4ccccc4)cc3)S(=O)O)cc2s1)c1ccc[nH]1. The van der Waals surface area contributed by atoms with Gasteiger partial charge < -0.3 is 4.98 Å². The van der Waals surface area contributed by atoms with Gasteiger partial charge in [0.25, 0.3) is 17.2 Å². The number of nitrogens with one attached hydrogen (secondary N) is 2. The van der Waals surface area contributed by atoms with Crippen LogP contribution in [0.25, 0.3) is 21.3 Å². The highest BCUT2D eigenvalue weighted by molar-refractivity contribution is 7.81. The maximum absolute atomic E-state index is 12.3. The molecule has 0 aliphatic rings. The molecule has 2 aromatic heterocycles. The van der Waals surface area contributed by atoms with Crippen molar-refractivity contribution in [2.75, 3.05) is 9.62 Å². The van der Waals surface area contributed by atoms with Crippen LogP contribution in [0.5, 0.6) is 0 Å². The van der Waals surface area contributed by atoms with Gasteiger partial charge in [0.05, 0.1) is 21.6 Å². The molecule has 9 heteroatoms. The summed E-state index contributed by atoms with van der Waals surface area (Å²) in [5, 5.41) is 3.22. The number of carbonyl (C=O) groups excluding carboxylic acids is 1. The molecule has 0 saturated heterocycles. The Balaban J connectivity index is 1.43. The smallest absolute Gasteiger partial charge is 0.273 e. The van der Waals surface area contributed by atoms with Crippen molar-refractivity contribution in [3.8, 4) is 11.1 Å². The van der Waals surface area contributed by atoms with Crippen LogP contribution in [0.15, 0.2) is 91.1 Å². The Kier molecular flexibility index (Phi) is 5.74. The van der Waals surface area contributed by atoms with E-state index in [4.69, 9.17) is 0 Å². The molecule has 1 amide bonds. The maximum Gasteiger partial charge on any atom is 0.273 e. The van der Waals surface area contributed by atoms with E-state index in [0.717, 1.165) is 15.8 Å². The van der Waals surface area contributed by atoms with E-state index in [-0.39, 0.29) is 5.91 Å². The predicted octanol–water partition coefficient (Wildman–Crippen LogP) is 5.82. The van der Waals surface area contributed by atoms with E-state index >= 15 is 0 Å². The molecule has 7 nitrogen and oxygen atoms in total. The minimum Gasteiger partial charge on any atom is -0.357 e. The predicted molar refractivity (Wildman–Crippen MR) is 133 cm³/mol. The number of rotatable bonds is 6. The molecule has 2 heterocycles. The molecule has 1 atom stereocenters. The first-order chi connectivity index (χ1) is 16.1. The third kappa shape index (κ3) is 4.42. The molecule has 3 aromatic carbocycles. The Morgan fingerprint density at radius 1 is 0.939 bits per heavy atom. The van der Waals surface area contributed by atoms with Crippen molar-refractivity contribution < 1.29 is 13.6 Å². The third-order valence-corrected chi connectivity index (χ3v) is 6.70. The topological polar surface area (TPSA) is 98.3 Å². The average Bonchev–Trinajstić information content (AvgIpc) is 3.50. The summed E-state index contributed by atoms with van der Waals surface area (Å²) in [6.45, 7) is 0. The van der Waals surface area contributed by atoms with E-state index in [1.54, 1.807) is 36.5 Å². The van der Waals surface area contributed by atoms with Gasteiger partial charge in [0.1, 0.15) is 5.69 Å². The van der Waals surface area contributed by atoms with E-state index in [1.165, 1.54) is 15.6 Å². The number of fused-ring (bicyclic) bond motifs is 1. The summed E-state index contributed by atoms with van der Waals surface area (Å²) in [7, 11) is 0. The molecule has 1 unspecified atom stereocenters. The van der Waals surface area contributed by atoms with Gasteiger partial charge in [0, 0.05) is 6.20 Å². The zero-order valence-electron chi connectivity index (χ0n) is 17.1. The van der Waals surface area contributed by atoms with Gasteiger partial charge in [0.15, 0.2) is 5.13 Å². The number of anilines is 3. The maximum atomic E-state index is 12.3. The fraction of sp³-hybridized carbons (Fsp3) is 0. The van der Waals surface area contributed by atoms with Gasteiger partial charge in [-0.2, -0.15) is 0 Å². The Morgan fingerprint density at radius 3 is 2.36 bits per heavy atom. The molecule has 3 N–H and O–H groups in total. The zero-order valence-corrected chi connectivity index (χ0v) is 18.8. The number of H-pyrrole nitrogens is 1. The molecule has 33 heavy (non-hydrogen) atoms. The van der Waals surface area contributed by atoms with Crippen LogP contribution in [0.1, 0.15) is 10.5 Å². The van der Waals surface area contributed by atoms with Crippen LogP contribution >= 0.6 is 11.3 Å². The van der Waals surface area contributed by atoms with Gasteiger partial charge >= 0.3 is 0 Å². The van der Waals surface area contributed by atoms with Crippen LogP contribution in [0.2, 0.25) is 0 Å². The number of carbonyl (C=O) groups is 1. The van der Waals surface area contributed by atoms with E-state index in [0.29, 0.717) is 27.7 Å². The molecule has 0 saturated carbocycles. The number of hydrogen-bond donors (Lipinski definition) is 3. The Hall–Kier alpha value is -3.79. The van der Waals surface area contributed by atoms with Crippen LogP contribution in [-0.4, -0.2) is 24.6 Å². The van der Waals surface area contributed by atoms with Crippen LogP contribution in [-0.2, 0) is 11.3 Å². The van der Waals surface area contributed by atoms with Crippen molar-refractivity contribution in [1.82, 2.24) is 9.97 Å². The van der Waals surface area contributed by atoms with Gasteiger partial charge in [0.2, 0.25) is 0 Å². The third-order valence-electron chi connectivity index (χ3n) is 5.03. The fourth-order valence-electron chi connectivity index (χ4n) is 3.48. The van der Waals surface area contributed by atoms with E-state index in [2.05, 4.69) is 15.3 Å². The first kappa shape index (κ1) is 21.1. The van der Waals surface area contributed by atoms with Crippen molar-refractivity contribution in [3.63, 3.8) is 0 Å². The minimum atomic E-state index is -2.28. The minimum absolute atomic E-state index is 0.282. The highest BCUT2D eigenvalue weighted by atomic mass is 32.2. The van der Waals surface area contributed by atoms with Crippen molar-refractivity contribution in [1.29, 1.82) is 0 Å². The van der Waals surface area contributed by atoms with E-state index in [1.807, 2.05) is 54.6 Å². The monoisotopic (exact) mass is 474 g/mol. The van der Waals surface area contributed by atoms with Gasteiger partial charge in [-0.3, -0.25) is 14.7 Å². The molecule has 0 aliphatic carbocycles. The molecule has 164 valence electrons. The normalized spacial score (nSPS) is 11.9. The van der Waals surface area contributed by atoms with Gasteiger partial charge in [-0.15, -0.1) is 0 Å². The standard InChI is InChI=1S/C24H18N4O3S2/c29-23(21-7-4-14-25-21)27-24-26-20-13-12-19(15-22(20)32-24)28(33(30)31)18-10-8-17(9-11-18)16-5-2-1-3-6-16/h1-15,25H,(H,30,31)(H,26,27,29). The fourth-order valence-corrected chi connectivity index (χ4v) is 4.97. The van der Waals surface area contributed by atoms with Gasteiger partial charge in [-0.25, -0.2) is 13.5 Å². The van der Waals surface area contributed by atoms with Crippen LogP contribution in [0.4, 0.5) is 16.5 Å². The number of aromatic amines is 1. The quantitative estimate of drug-likeness (QED) is 0.270. The van der Waals surface area contributed by atoms with Crippen LogP contribution in [0.3, 0.4) is 0 Å². The highest BCUT2D eigenvalue weighted by Crippen LogP contribution is 2.34. The summed E-state index contributed by atoms with van der Waals surface area (Å²) < 4.78 is 24.4. The Morgan fingerprint density at radius 2 is 1.67 bits per heavy atom. The number of benzene rings is 3. The molecule has 0 aliphatic heterocycles. The number of thiazole rings is 1. The summed E-state index contributed by atoms with van der Waals surface area (Å²) >= 11 is -0.981. The average molecular weight is 475 g/mol. The first-order valence-electron chi connectivity index (χ1n) is 10.0. The molecule has 0 bridgehead atoms. The molecule has 0 spiro atoms. The summed E-state index contributed by atoms with van der Waals surface area (Å²) in [4.78, 5) is 19.6. The number of hydrogen-bond acceptors (Lipinski definition) is 4. The van der Waals surface area contributed by atoms with Crippen LogP contribution in [0, 0.1) is 0 Å². The summed E-state index contributed by atoms with van der Waals surface area (Å²) in [5.41, 5.74) is 4.34. The van der Waals surface area contributed by atoms with Crippen molar-refractivity contribution in [2.45, 2.75) is 0 Å². The van der Waals surface area contributed by atoms with Gasteiger partial charge in [-0.1, -0.05) is 53.8 Å². The van der Waals surface area contributed by atoms with Crippen molar-refractivity contribution >= 4 is 55.2 Å². The second-order valence-corrected chi connectivity index (χ2v) is 9.00. The molecular weight excluding hydrogens is 456 g/mol. The lowest BCUT2D eigenvalue weighted by molar-refractivity contribution is 0.102. The largest absolute Gasteiger partial charge is 0.357 e. The molecule has 0 fully saturated rings. The lowest BCUT2D eigenvalue weighted by Crippen LogP contribution is -2.19. The van der Waals surface area contributed by atoms with Crippen molar-refractivity contribution in [3.05, 3.63) is 96.8 Å². The highest BCUT2D eigenvalue weighted by Gasteiger charge is 2.17. The molecule has 5 rings (SSSR count). The second kappa shape index (κ2) is 8.99. The van der Waals surface area contributed by atoms with E-state index < -0.39 is 11.3 Å². The Bertz CT molecular complexity index is 1430. The Labute approximate surface area is 196 Å². The number of amides is 1. The first-order valence-corrected chi connectivity index (χ1v) is 11.9. The number of nitrogens with zero attached hydrogens (tertiary/aromatic N) is 2. The number of aromatic nitrogens is 2. The van der Waals surface area contributed by atoms with E-state index in [9.17, 15) is 13.6 Å². The lowest BCUT2D eigenvalue weighted by Gasteiger charge is -2.20. The lowest BCUT2D eigenvalue weighted by atomic mass is 10.1. The summed E-state index contributed by atoms with van der Waals surface area (Å²) in [6.07, 6.45) is 1.68. The van der Waals surface area contributed by atoms with Crippen LogP contribution < -0.4 is 9.62 Å². The summed E-state index contributed by atoms with van der Waals surface area (Å²) in [6, 6.07) is 26.1. The van der Waals surface area contributed by atoms with Gasteiger partial charge in [-0.05, 0) is 53.6 Å². The molecular formula is C24H18N4O3S2. The summed E-state index contributed by atoms with van der Waals surface area (Å²) in [5.74, 6) is -0.282. The molecule has 5 aromatic rings. The second-order valence-electron chi connectivity index (χ2n) is 7.15. The molecule has 0 radical (unpaired) electrons.